The summed E-state index contributed by atoms with van der Waals surface area (Å²) in [7, 11) is 0. The number of rotatable bonds is 6. The van der Waals surface area contributed by atoms with Crippen molar-refractivity contribution in [1.29, 1.82) is 0 Å². The first-order valence-corrected chi connectivity index (χ1v) is 8.24. The second-order valence-corrected chi connectivity index (χ2v) is 6.68. The molecule has 1 unspecified atom stereocenters. The van der Waals surface area contributed by atoms with Gasteiger partial charge in [0.05, 0.1) is 12.7 Å². The van der Waals surface area contributed by atoms with E-state index < -0.39 is 6.10 Å². The van der Waals surface area contributed by atoms with Gasteiger partial charge in [0.2, 0.25) is 0 Å². The van der Waals surface area contributed by atoms with Crippen molar-refractivity contribution < 1.29 is 9.84 Å². The molecule has 118 valence electrons. The van der Waals surface area contributed by atoms with Gasteiger partial charge in [-0.15, -0.1) is 0 Å². The second-order valence-electron chi connectivity index (χ2n) is 6.68. The number of ether oxygens (including phenoxy) is 1. The molecule has 3 heteroatoms. The van der Waals surface area contributed by atoms with Crippen LogP contribution in [0.15, 0.2) is 24.3 Å². The minimum absolute atomic E-state index is 0.294. The van der Waals surface area contributed by atoms with Crippen molar-refractivity contribution in [3.8, 4) is 5.75 Å². The lowest BCUT2D eigenvalue weighted by Crippen LogP contribution is -2.24. The molecule has 0 bridgehead atoms. The van der Waals surface area contributed by atoms with Crippen molar-refractivity contribution >= 4 is 0 Å². The van der Waals surface area contributed by atoms with Crippen molar-refractivity contribution in [3.05, 3.63) is 29.8 Å². The molecule has 1 aliphatic carbocycles. The minimum atomic E-state index is -0.494. The first kappa shape index (κ1) is 16.3. The standard InChI is InChI=1S/C18H29NO2/c1-18(10-4-2-3-5-11-18)14-21-16-8-6-7-15(13-16)17(20)9-12-19/h6-8,13,17,20H,2-5,9-12,14,19H2,1H3. The van der Waals surface area contributed by atoms with Crippen LogP contribution in [0.4, 0.5) is 0 Å². The molecule has 0 heterocycles. The molecule has 0 aromatic heterocycles. The molecule has 0 spiro atoms. The fraction of sp³-hybridized carbons (Fsp3) is 0.667. The lowest BCUT2D eigenvalue weighted by Gasteiger charge is -2.28. The van der Waals surface area contributed by atoms with Gasteiger partial charge in [-0.25, -0.2) is 0 Å². The zero-order chi connectivity index (χ0) is 15.1. The Morgan fingerprint density at radius 3 is 2.62 bits per heavy atom. The summed E-state index contributed by atoms with van der Waals surface area (Å²) in [4.78, 5) is 0. The maximum atomic E-state index is 10.0. The van der Waals surface area contributed by atoms with Gasteiger partial charge in [-0.1, -0.05) is 44.7 Å². The molecule has 1 aromatic rings. The highest BCUT2D eigenvalue weighted by molar-refractivity contribution is 5.30. The summed E-state index contributed by atoms with van der Waals surface area (Å²) < 4.78 is 6.03. The Morgan fingerprint density at radius 2 is 1.95 bits per heavy atom. The minimum Gasteiger partial charge on any atom is -0.493 e. The van der Waals surface area contributed by atoms with Crippen LogP contribution in [0, 0.1) is 5.41 Å². The van der Waals surface area contributed by atoms with Gasteiger partial charge in [0.1, 0.15) is 5.75 Å². The van der Waals surface area contributed by atoms with Gasteiger partial charge in [0.25, 0.3) is 0 Å². The molecule has 0 radical (unpaired) electrons. The van der Waals surface area contributed by atoms with Gasteiger partial charge in [-0.05, 0) is 43.5 Å². The monoisotopic (exact) mass is 291 g/mol. The molecule has 1 fully saturated rings. The Balaban J connectivity index is 1.94. The molecule has 0 amide bonds. The molecule has 1 saturated carbocycles. The third-order valence-corrected chi connectivity index (χ3v) is 4.58. The Kier molecular flexibility index (Phi) is 6.07. The number of aliphatic hydroxyl groups is 1. The van der Waals surface area contributed by atoms with E-state index in [0.29, 0.717) is 18.4 Å². The van der Waals surface area contributed by atoms with Crippen LogP contribution in [0.2, 0.25) is 0 Å². The average molecular weight is 291 g/mol. The van der Waals surface area contributed by atoms with Gasteiger partial charge in [-0.2, -0.15) is 0 Å². The summed E-state index contributed by atoms with van der Waals surface area (Å²) in [5.74, 6) is 0.856. The normalized spacial score (nSPS) is 19.8. The Morgan fingerprint density at radius 1 is 1.24 bits per heavy atom. The van der Waals surface area contributed by atoms with Crippen molar-refractivity contribution in [3.63, 3.8) is 0 Å². The van der Waals surface area contributed by atoms with Crippen LogP contribution >= 0.6 is 0 Å². The average Bonchev–Trinajstić information content (AvgIpc) is 2.71. The van der Waals surface area contributed by atoms with Crippen molar-refractivity contribution in [2.24, 2.45) is 11.1 Å². The summed E-state index contributed by atoms with van der Waals surface area (Å²) >= 11 is 0. The van der Waals surface area contributed by atoms with Crippen LogP contribution in [0.25, 0.3) is 0 Å². The van der Waals surface area contributed by atoms with Gasteiger partial charge < -0.3 is 15.6 Å². The van der Waals surface area contributed by atoms with E-state index in [1.807, 2.05) is 24.3 Å². The van der Waals surface area contributed by atoms with Crippen LogP contribution in [-0.4, -0.2) is 18.3 Å². The van der Waals surface area contributed by atoms with Crippen molar-refractivity contribution in [2.75, 3.05) is 13.2 Å². The number of hydrogen-bond acceptors (Lipinski definition) is 3. The second kappa shape index (κ2) is 7.81. The summed E-state index contributed by atoms with van der Waals surface area (Å²) in [6, 6.07) is 7.79. The Bertz CT molecular complexity index is 425. The molecule has 3 N–H and O–H groups in total. The van der Waals surface area contributed by atoms with E-state index in [1.54, 1.807) is 0 Å². The molecule has 1 atom stereocenters. The molecule has 0 saturated heterocycles. The smallest absolute Gasteiger partial charge is 0.119 e. The van der Waals surface area contributed by atoms with Crippen LogP contribution < -0.4 is 10.5 Å². The molecular weight excluding hydrogens is 262 g/mol. The number of hydrogen-bond donors (Lipinski definition) is 2. The van der Waals surface area contributed by atoms with Crippen LogP contribution in [0.5, 0.6) is 5.75 Å². The summed E-state index contributed by atoms with van der Waals surface area (Å²) in [6.45, 7) is 3.60. The van der Waals surface area contributed by atoms with E-state index in [9.17, 15) is 5.11 Å². The fourth-order valence-electron chi connectivity index (χ4n) is 3.12. The van der Waals surface area contributed by atoms with Crippen molar-refractivity contribution in [2.45, 2.75) is 58.0 Å². The summed E-state index contributed by atoms with van der Waals surface area (Å²) in [5.41, 5.74) is 6.69. The predicted molar refractivity (Wildman–Crippen MR) is 86.4 cm³/mol. The lowest BCUT2D eigenvalue weighted by atomic mass is 9.83. The largest absolute Gasteiger partial charge is 0.493 e. The van der Waals surface area contributed by atoms with Crippen LogP contribution in [0.1, 0.15) is 63.5 Å². The van der Waals surface area contributed by atoms with Gasteiger partial charge in [0.15, 0.2) is 0 Å². The topological polar surface area (TPSA) is 55.5 Å². The predicted octanol–water partition coefficient (Wildman–Crippen LogP) is 3.81. The van der Waals surface area contributed by atoms with E-state index in [-0.39, 0.29) is 0 Å². The number of nitrogens with two attached hydrogens (primary N) is 1. The number of benzene rings is 1. The first-order valence-electron chi connectivity index (χ1n) is 8.24. The maximum Gasteiger partial charge on any atom is 0.119 e. The quantitative estimate of drug-likeness (QED) is 0.784. The highest BCUT2D eigenvalue weighted by Gasteiger charge is 2.26. The SMILES string of the molecule is CC1(COc2cccc(C(O)CCN)c2)CCCCCC1. The molecule has 1 aromatic carbocycles. The molecule has 3 nitrogen and oxygen atoms in total. The Labute approximate surface area is 128 Å². The third kappa shape index (κ3) is 5.01. The van der Waals surface area contributed by atoms with E-state index in [0.717, 1.165) is 17.9 Å². The van der Waals surface area contributed by atoms with Crippen LogP contribution in [-0.2, 0) is 0 Å². The van der Waals surface area contributed by atoms with Crippen molar-refractivity contribution in [1.82, 2.24) is 0 Å². The van der Waals surface area contributed by atoms with E-state index in [4.69, 9.17) is 10.5 Å². The van der Waals surface area contributed by atoms with Gasteiger partial charge >= 0.3 is 0 Å². The van der Waals surface area contributed by atoms with E-state index in [2.05, 4.69) is 6.92 Å². The highest BCUT2D eigenvalue weighted by Crippen LogP contribution is 2.35. The van der Waals surface area contributed by atoms with E-state index in [1.165, 1.54) is 38.5 Å². The van der Waals surface area contributed by atoms with E-state index >= 15 is 0 Å². The third-order valence-electron chi connectivity index (χ3n) is 4.58. The molecule has 2 rings (SSSR count). The molecule has 21 heavy (non-hydrogen) atoms. The highest BCUT2D eigenvalue weighted by atomic mass is 16.5. The summed E-state index contributed by atoms with van der Waals surface area (Å²) in [6.07, 6.45) is 7.94. The molecular formula is C18H29NO2. The molecule has 0 aliphatic heterocycles. The zero-order valence-electron chi connectivity index (χ0n) is 13.2. The lowest BCUT2D eigenvalue weighted by molar-refractivity contribution is 0.141. The molecule has 1 aliphatic rings. The fourth-order valence-corrected chi connectivity index (χ4v) is 3.12. The Hall–Kier alpha value is -1.06. The van der Waals surface area contributed by atoms with Gasteiger partial charge in [0, 0.05) is 5.41 Å². The zero-order valence-corrected chi connectivity index (χ0v) is 13.2. The number of aliphatic hydroxyl groups excluding tert-OH is 1. The van der Waals surface area contributed by atoms with Crippen LogP contribution in [0.3, 0.4) is 0 Å². The summed E-state index contributed by atoms with van der Waals surface area (Å²) in [5, 5.41) is 10.0. The van der Waals surface area contributed by atoms with Gasteiger partial charge in [-0.3, -0.25) is 0 Å². The maximum absolute atomic E-state index is 10.0. The first-order chi connectivity index (χ1) is 10.1.